The molecule has 1 amide bonds. The van der Waals surface area contributed by atoms with E-state index < -0.39 is 0 Å². The van der Waals surface area contributed by atoms with Crippen molar-refractivity contribution in [3.8, 4) is 0 Å². The highest BCUT2D eigenvalue weighted by Gasteiger charge is 2.34. The quantitative estimate of drug-likeness (QED) is 0.834. The van der Waals surface area contributed by atoms with Crippen LogP contribution in [0, 0.1) is 11.3 Å². The van der Waals surface area contributed by atoms with E-state index in [-0.39, 0.29) is 17.2 Å². The number of hydrogen-bond donors (Lipinski definition) is 1. The standard InChI is InChI=1S/C22H29NO2/c1-25-20-13-7-6-12-19(20)21(24)23-17-22(14-8-3-9-15-22)16-18-10-4-2-5-11-18/h2,4-7,10-11,13,19H,3,8-9,12,14-17H2,1H3,(H,23,24). The minimum absolute atomic E-state index is 0.0930. The van der Waals surface area contributed by atoms with E-state index in [1.165, 1.54) is 37.7 Å². The number of carbonyl (C=O) groups is 1. The molecule has 1 aromatic rings. The third kappa shape index (κ3) is 4.53. The van der Waals surface area contributed by atoms with E-state index in [0.717, 1.165) is 25.1 Å². The van der Waals surface area contributed by atoms with Crippen molar-refractivity contribution < 1.29 is 9.53 Å². The first kappa shape index (κ1) is 17.8. The third-order valence-electron chi connectivity index (χ3n) is 5.64. The maximum absolute atomic E-state index is 12.7. The van der Waals surface area contributed by atoms with Gasteiger partial charge in [-0.3, -0.25) is 4.79 Å². The normalized spacial score (nSPS) is 22.1. The second-order valence-electron chi connectivity index (χ2n) is 7.43. The van der Waals surface area contributed by atoms with Gasteiger partial charge in [-0.15, -0.1) is 0 Å². The van der Waals surface area contributed by atoms with Crippen molar-refractivity contribution >= 4 is 5.91 Å². The number of carbonyl (C=O) groups excluding carboxylic acids is 1. The average molecular weight is 339 g/mol. The predicted octanol–water partition coefficient (Wildman–Crippen LogP) is 4.40. The fourth-order valence-electron chi connectivity index (χ4n) is 4.20. The average Bonchev–Trinajstić information content (AvgIpc) is 2.67. The van der Waals surface area contributed by atoms with Crippen molar-refractivity contribution in [3.63, 3.8) is 0 Å². The smallest absolute Gasteiger partial charge is 0.231 e. The Labute approximate surface area is 151 Å². The molecule has 1 N–H and O–H groups in total. The zero-order chi connectivity index (χ0) is 17.5. The Kier molecular flexibility index (Phi) is 5.95. The lowest BCUT2D eigenvalue weighted by Gasteiger charge is -2.38. The Hall–Kier alpha value is -2.03. The van der Waals surface area contributed by atoms with Gasteiger partial charge in [0.15, 0.2) is 0 Å². The molecule has 25 heavy (non-hydrogen) atoms. The summed E-state index contributed by atoms with van der Waals surface area (Å²) >= 11 is 0. The van der Waals surface area contributed by atoms with E-state index in [2.05, 4.69) is 35.6 Å². The summed E-state index contributed by atoms with van der Waals surface area (Å²) in [4.78, 5) is 12.7. The molecule has 0 radical (unpaired) electrons. The van der Waals surface area contributed by atoms with Crippen LogP contribution < -0.4 is 5.32 Å². The molecule has 0 heterocycles. The lowest BCUT2D eigenvalue weighted by Crippen LogP contribution is -2.43. The predicted molar refractivity (Wildman–Crippen MR) is 101 cm³/mol. The lowest BCUT2D eigenvalue weighted by atomic mass is 9.70. The molecule has 1 fully saturated rings. The third-order valence-corrected chi connectivity index (χ3v) is 5.64. The van der Waals surface area contributed by atoms with Crippen LogP contribution >= 0.6 is 0 Å². The van der Waals surface area contributed by atoms with Gasteiger partial charge in [0.25, 0.3) is 0 Å². The fourth-order valence-corrected chi connectivity index (χ4v) is 4.20. The van der Waals surface area contributed by atoms with Gasteiger partial charge in [0, 0.05) is 6.54 Å². The molecular formula is C22H29NO2. The summed E-state index contributed by atoms with van der Waals surface area (Å²) in [5.41, 5.74) is 1.56. The summed E-state index contributed by atoms with van der Waals surface area (Å²) in [7, 11) is 1.64. The number of nitrogens with one attached hydrogen (secondary N) is 1. The summed E-state index contributed by atoms with van der Waals surface area (Å²) in [5.74, 6) is 0.670. The molecule has 1 unspecified atom stereocenters. The molecule has 0 bridgehead atoms. The van der Waals surface area contributed by atoms with Gasteiger partial charge in [0.1, 0.15) is 5.76 Å². The van der Waals surface area contributed by atoms with Gasteiger partial charge in [-0.25, -0.2) is 0 Å². The second-order valence-corrected chi connectivity index (χ2v) is 7.43. The molecule has 134 valence electrons. The Morgan fingerprint density at radius 3 is 2.68 bits per heavy atom. The maximum Gasteiger partial charge on any atom is 0.231 e. The number of benzene rings is 1. The summed E-state index contributed by atoms with van der Waals surface area (Å²) in [6, 6.07) is 10.7. The van der Waals surface area contributed by atoms with Gasteiger partial charge >= 0.3 is 0 Å². The SMILES string of the molecule is COC1=CC=CCC1C(=O)NCC1(Cc2ccccc2)CCCCC1. The Morgan fingerprint density at radius 1 is 1.20 bits per heavy atom. The van der Waals surface area contributed by atoms with Crippen LogP contribution in [-0.4, -0.2) is 19.6 Å². The van der Waals surface area contributed by atoms with Gasteiger partial charge in [0.05, 0.1) is 13.0 Å². The van der Waals surface area contributed by atoms with Gasteiger partial charge in [-0.1, -0.05) is 61.7 Å². The van der Waals surface area contributed by atoms with E-state index in [9.17, 15) is 4.79 Å². The van der Waals surface area contributed by atoms with Crippen molar-refractivity contribution in [2.75, 3.05) is 13.7 Å². The number of rotatable bonds is 6. The highest BCUT2D eigenvalue weighted by molar-refractivity contribution is 5.81. The van der Waals surface area contributed by atoms with Crippen LogP contribution in [-0.2, 0) is 16.0 Å². The molecule has 0 aromatic heterocycles. The molecule has 3 heteroatoms. The zero-order valence-electron chi connectivity index (χ0n) is 15.2. The maximum atomic E-state index is 12.7. The monoisotopic (exact) mass is 339 g/mol. The summed E-state index contributed by atoms with van der Waals surface area (Å²) in [5, 5.41) is 3.25. The van der Waals surface area contributed by atoms with Crippen LogP contribution in [0.3, 0.4) is 0 Å². The fraction of sp³-hybridized carbons (Fsp3) is 0.500. The molecule has 0 spiro atoms. The Bertz CT molecular complexity index is 627. The van der Waals surface area contributed by atoms with Crippen molar-refractivity contribution in [2.24, 2.45) is 11.3 Å². The van der Waals surface area contributed by atoms with Gasteiger partial charge in [0.2, 0.25) is 5.91 Å². The number of methoxy groups -OCH3 is 1. The minimum atomic E-state index is -0.188. The first-order valence-corrected chi connectivity index (χ1v) is 9.45. The van der Waals surface area contributed by atoms with Crippen molar-refractivity contribution in [1.82, 2.24) is 5.32 Å². The highest BCUT2D eigenvalue weighted by Crippen LogP contribution is 2.39. The zero-order valence-corrected chi connectivity index (χ0v) is 15.2. The van der Waals surface area contributed by atoms with Gasteiger partial charge in [-0.2, -0.15) is 0 Å². The molecular weight excluding hydrogens is 310 g/mol. The van der Waals surface area contributed by atoms with Crippen LogP contribution in [0.2, 0.25) is 0 Å². The molecule has 2 aliphatic carbocycles. The van der Waals surface area contributed by atoms with Crippen LogP contribution in [0.1, 0.15) is 44.1 Å². The van der Waals surface area contributed by atoms with E-state index in [1.54, 1.807) is 7.11 Å². The van der Waals surface area contributed by atoms with E-state index in [1.807, 2.05) is 18.2 Å². The molecule has 1 atom stereocenters. The van der Waals surface area contributed by atoms with Gasteiger partial charge in [-0.05, 0) is 42.7 Å². The van der Waals surface area contributed by atoms with Gasteiger partial charge < -0.3 is 10.1 Å². The molecule has 3 nitrogen and oxygen atoms in total. The number of hydrogen-bond acceptors (Lipinski definition) is 2. The van der Waals surface area contributed by atoms with Crippen LogP contribution in [0.4, 0.5) is 0 Å². The Balaban J connectivity index is 1.65. The molecule has 0 aliphatic heterocycles. The van der Waals surface area contributed by atoms with Crippen LogP contribution in [0.25, 0.3) is 0 Å². The molecule has 0 saturated heterocycles. The van der Waals surface area contributed by atoms with Crippen LogP contribution in [0.5, 0.6) is 0 Å². The number of amides is 1. The van der Waals surface area contributed by atoms with Crippen LogP contribution in [0.15, 0.2) is 54.3 Å². The second kappa shape index (κ2) is 8.37. The number of ether oxygens (including phenoxy) is 1. The van der Waals surface area contributed by atoms with E-state index >= 15 is 0 Å². The molecule has 3 rings (SSSR count). The largest absolute Gasteiger partial charge is 0.500 e. The highest BCUT2D eigenvalue weighted by atomic mass is 16.5. The first-order valence-electron chi connectivity index (χ1n) is 9.45. The summed E-state index contributed by atoms with van der Waals surface area (Å²) < 4.78 is 5.39. The van der Waals surface area contributed by atoms with E-state index in [0.29, 0.717) is 0 Å². The topological polar surface area (TPSA) is 38.3 Å². The summed E-state index contributed by atoms with van der Waals surface area (Å²) in [6.07, 6.45) is 13.9. The van der Waals surface area contributed by atoms with Crippen molar-refractivity contribution in [3.05, 3.63) is 59.9 Å². The Morgan fingerprint density at radius 2 is 1.96 bits per heavy atom. The molecule has 1 aromatic carbocycles. The lowest BCUT2D eigenvalue weighted by molar-refractivity contribution is -0.125. The summed E-state index contributed by atoms with van der Waals surface area (Å²) in [6.45, 7) is 0.762. The van der Waals surface area contributed by atoms with Crippen molar-refractivity contribution in [2.45, 2.75) is 44.9 Å². The minimum Gasteiger partial charge on any atom is -0.500 e. The van der Waals surface area contributed by atoms with E-state index in [4.69, 9.17) is 4.74 Å². The number of allylic oxidation sites excluding steroid dienone is 3. The van der Waals surface area contributed by atoms with Crippen molar-refractivity contribution in [1.29, 1.82) is 0 Å². The molecule has 2 aliphatic rings. The molecule has 1 saturated carbocycles. The first-order chi connectivity index (χ1) is 12.2.